The lowest BCUT2D eigenvalue weighted by Crippen LogP contribution is -2.40. The van der Waals surface area contributed by atoms with E-state index in [0.717, 1.165) is 24.4 Å². The summed E-state index contributed by atoms with van der Waals surface area (Å²) in [5.74, 6) is 0.937. The molecule has 1 aromatic carbocycles. The molecule has 8 heteroatoms. The van der Waals surface area contributed by atoms with Crippen molar-refractivity contribution in [2.24, 2.45) is 4.99 Å². The van der Waals surface area contributed by atoms with Crippen LogP contribution in [0.2, 0.25) is 0 Å². The summed E-state index contributed by atoms with van der Waals surface area (Å²) in [7, 11) is 1.72. The van der Waals surface area contributed by atoms with Gasteiger partial charge < -0.3 is 15.4 Å². The van der Waals surface area contributed by atoms with Gasteiger partial charge in [-0.1, -0.05) is 13.0 Å². The zero-order valence-electron chi connectivity index (χ0n) is 14.4. The number of nitrogens with zero attached hydrogens (tertiary/aromatic N) is 2. The molecule has 0 radical (unpaired) electrons. The summed E-state index contributed by atoms with van der Waals surface area (Å²) in [5.41, 5.74) is 0. The van der Waals surface area contributed by atoms with Gasteiger partial charge in [-0.05, 0) is 18.6 Å². The first kappa shape index (κ1) is 21.6. The summed E-state index contributed by atoms with van der Waals surface area (Å²) in [6.07, 6.45) is 3.83. The van der Waals surface area contributed by atoms with Crippen LogP contribution in [0.4, 0.5) is 4.39 Å². The fourth-order valence-corrected chi connectivity index (χ4v) is 2.89. The highest BCUT2D eigenvalue weighted by molar-refractivity contribution is 14.0. The van der Waals surface area contributed by atoms with E-state index in [1.165, 1.54) is 17.0 Å². The summed E-state index contributed by atoms with van der Waals surface area (Å²) in [4.78, 5) is 9.86. The standard InChI is InChI=1S/C17H23FN4OS.HI/c1-3-15-12-22-16(24-15)7-8-20-17(19-2)21-9-10-23-14-6-4-5-13(18)11-14;/h4-6,11-12H,3,7-10H2,1-2H3,(H2,19,20,21);1H. The van der Waals surface area contributed by atoms with Crippen LogP contribution in [0.3, 0.4) is 0 Å². The molecule has 0 amide bonds. The predicted octanol–water partition coefficient (Wildman–Crippen LogP) is 3.25. The van der Waals surface area contributed by atoms with Crippen LogP contribution in [-0.4, -0.2) is 37.7 Å². The minimum atomic E-state index is -0.300. The number of halogens is 2. The van der Waals surface area contributed by atoms with Crippen LogP contribution >= 0.6 is 35.3 Å². The Morgan fingerprint density at radius 3 is 2.80 bits per heavy atom. The Morgan fingerprint density at radius 2 is 2.12 bits per heavy atom. The molecule has 5 nitrogen and oxygen atoms in total. The molecule has 0 saturated heterocycles. The number of nitrogens with one attached hydrogen (secondary N) is 2. The van der Waals surface area contributed by atoms with Crippen LogP contribution in [0.15, 0.2) is 35.5 Å². The third-order valence-corrected chi connectivity index (χ3v) is 4.47. The summed E-state index contributed by atoms with van der Waals surface area (Å²) >= 11 is 1.75. The Kier molecular flexibility index (Phi) is 10.4. The van der Waals surface area contributed by atoms with E-state index in [4.69, 9.17) is 4.74 Å². The molecule has 1 heterocycles. The number of guanidine groups is 1. The van der Waals surface area contributed by atoms with Gasteiger partial charge in [0.1, 0.15) is 18.2 Å². The Hall–Kier alpha value is -1.42. The van der Waals surface area contributed by atoms with E-state index in [1.807, 2.05) is 6.20 Å². The van der Waals surface area contributed by atoms with E-state index in [9.17, 15) is 4.39 Å². The average molecular weight is 478 g/mol. The maximum Gasteiger partial charge on any atom is 0.191 e. The molecule has 0 bridgehead atoms. The van der Waals surface area contributed by atoms with Crippen LogP contribution in [0.25, 0.3) is 0 Å². The number of thiazole rings is 1. The molecule has 0 unspecified atom stereocenters. The van der Waals surface area contributed by atoms with Gasteiger partial charge in [-0.25, -0.2) is 9.37 Å². The molecule has 0 saturated carbocycles. The SMILES string of the molecule is CCc1cnc(CCNC(=NC)NCCOc2cccc(F)c2)s1.I. The van der Waals surface area contributed by atoms with Crippen molar-refractivity contribution in [1.29, 1.82) is 0 Å². The second-order valence-electron chi connectivity index (χ2n) is 5.06. The highest BCUT2D eigenvalue weighted by atomic mass is 127. The Bertz CT molecular complexity index is 666. The predicted molar refractivity (Wildman–Crippen MR) is 112 cm³/mol. The van der Waals surface area contributed by atoms with Crippen molar-refractivity contribution in [3.63, 3.8) is 0 Å². The molecule has 25 heavy (non-hydrogen) atoms. The lowest BCUT2D eigenvalue weighted by Gasteiger charge is -2.12. The molecule has 0 aliphatic rings. The topological polar surface area (TPSA) is 58.5 Å². The first-order valence-electron chi connectivity index (χ1n) is 7.97. The molecule has 0 atom stereocenters. The molecular formula is C17H24FIN4OS. The van der Waals surface area contributed by atoms with Gasteiger partial charge in [0.05, 0.1) is 11.6 Å². The first-order chi connectivity index (χ1) is 11.7. The molecule has 2 rings (SSSR count). The van der Waals surface area contributed by atoms with E-state index in [-0.39, 0.29) is 29.8 Å². The van der Waals surface area contributed by atoms with E-state index in [2.05, 4.69) is 27.5 Å². The van der Waals surface area contributed by atoms with E-state index < -0.39 is 0 Å². The molecule has 138 valence electrons. The van der Waals surface area contributed by atoms with Gasteiger partial charge in [-0.15, -0.1) is 35.3 Å². The summed E-state index contributed by atoms with van der Waals surface area (Å²) in [5, 5.41) is 7.53. The van der Waals surface area contributed by atoms with Crippen LogP contribution in [0.1, 0.15) is 16.8 Å². The fourth-order valence-electron chi connectivity index (χ4n) is 2.03. The molecular weight excluding hydrogens is 454 g/mol. The van der Waals surface area contributed by atoms with Crippen molar-refractivity contribution in [3.8, 4) is 5.75 Å². The third-order valence-electron chi connectivity index (χ3n) is 3.26. The van der Waals surface area contributed by atoms with Gasteiger partial charge in [0, 0.05) is 37.2 Å². The third kappa shape index (κ3) is 8.00. The number of aliphatic imine (C=N–C) groups is 1. The molecule has 0 spiro atoms. The molecule has 2 N–H and O–H groups in total. The number of hydrogen-bond acceptors (Lipinski definition) is 4. The first-order valence-corrected chi connectivity index (χ1v) is 8.79. The molecule has 0 fully saturated rings. The van der Waals surface area contributed by atoms with Crippen LogP contribution in [-0.2, 0) is 12.8 Å². The van der Waals surface area contributed by atoms with Crippen molar-refractivity contribution in [3.05, 3.63) is 46.2 Å². The minimum Gasteiger partial charge on any atom is -0.492 e. The highest BCUT2D eigenvalue weighted by Gasteiger charge is 2.02. The second kappa shape index (κ2) is 12.0. The van der Waals surface area contributed by atoms with Gasteiger partial charge in [-0.2, -0.15) is 0 Å². The molecule has 0 aliphatic heterocycles. The largest absolute Gasteiger partial charge is 0.492 e. The van der Waals surface area contributed by atoms with Gasteiger partial charge >= 0.3 is 0 Å². The van der Waals surface area contributed by atoms with Crippen molar-refractivity contribution in [1.82, 2.24) is 15.6 Å². The van der Waals surface area contributed by atoms with Crippen LogP contribution in [0.5, 0.6) is 5.75 Å². The van der Waals surface area contributed by atoms with Gasteiger partial charge in [0.2, 0.25) is 0 Å². The van der Waals surface area contributed by atoms with Crippen molar-refractivity contribution >= 4 is 41.3 Å². The molecule has 2 aromatic rings. The number of rotatable bonds is 8. The Morgan fingerprint density at radius 1 is 1.32 bits per heavy atom. The molecule has 0 aliphatic carbocycles. The van der Waals surface area contributed by atoms with Crippen molar-refractivity contribution < 1.29 is 9.13 Å². The monoisotopic (exact) mass is 478 g/mol. The van der Waals surface area contributed by atoms with Gasteiger partial charge in [-0.3, -0.25) is 4.99 Å². The number of hydrogen-bond donors (Lipinski definition) is 2. The normalized spacial score (nSPS) is 10.9. The van der Waals surface area contributed by atoms with Crippen LogP contribution < -0.4 is 15.4 Å². The number of aromatic nitrogens is 1. The number of benzene rings is 1. The van der Waals surface area contributed by atoms with Crippen LogP contribution in [0, 0.1) is 5.82 Å². The quantitative estimate of drug-likeness (QED) is 0.265. The second-order valence-corrected chi connectivity index (χ2v) is 6.26. The Balaban J connectivity index is 0.00000312. The maximum atomic E-state index is 13.0. The van der Waals surface area contributed by atoms with Gasteiger partial charge in [0.25, 0.3) is 0 Å². The molecule has 1 aromatic heterocycles. The van der Waals surface area contributed by atoms with Crippen molar-refractivity contribution in [2.45, 2.75) is 19.8 Å². The highest BCUT2D eigenvalue weighted by Crippen LogP contribution is 2.13. The average Bonchev–Trinajstić information content (AvgIpc) is 3.05. The van der Waals surface area contributed by atoms with E-state index in [1.54, 1.807) is 30.5 Å². The summed E-state index contributed by atoms with van der Waals surface area (Å²) < 4.78 is 18.5. The summed E-state index contributed by atoms with van der Waals surface area (Å²) in [6, 6.07) is 6.12. The number of aryl methyl sites for hydroxylation is 1. The summed E-state index contributed by atoms with van der Waals surface area (Å²) in [6.45, 7) is 3.90. The zero-order valence-corrected chi connectivity index (χ0v) is 17.6. The Labute approximate surface area is 169 Å². The lowest BCUT2D eigenvalue weighted by molar-refractivity contribution is 0.320. The zero-order chi connectivity index (χ0) is 17.2. The van der Waals surface area contributed by atoms with Gasteiger partial charge in [0.15, 0.2) is 5.96 Å². The minimum absolute atomic E-state index is 0. The van der Waals surface area contributed by atoms with E-state index >= 15 is 0 Å². The smallest absolute Gasteiger partial charge is 0.191 e. The fraction of sp³-hybridized carbons (Fsp3) is 0.412. The van der Waals surface area contributed by atoms with E-state index in [0.29, 0.717) is 24.9 Å². The van der Waals surface area contributed by atoms with Crippen molar-refractivity contribution in [2.75, 3.05) is 26.7 Å². The maximum absolute atomic E-state index is 13.0. The lowest BCUT2D eigenvalue weighted by atomic mass is 10.3. The number of ether oxygens (including phenoxy) is 1.